The third kappa shape index (κ3) is 6.96. The molecule has 2 N–H and O–H groups in total. The molecule has 0 bridgehead atoms. The van der Waals surface area contributed by atoms with Gasteiger partial charge < -0.3 is 18.9 Å². The van der Waals surface area contributed by atoms with Crippen LogP contribution in [0, 0.1) is 10.1 Å². The Hall–Kier alpha value is -4.59. The molecule has 11 nitrogen and oxygen atoms in total. The van der Waals surface area contributed by atoms with Gasteiger partial charge in [-0.2, -0.15) is 0 Å². The Morgan fingerprint density at radius 2 is 1.64 bits per heavy atom. The van der Waals surface area contributed by atoms with Crippen LogP contribution in [-0.2, 0) is 4.79 Å². The van der Waals surface area contributed by atoms with Crippen LogP contribution in [0.1, 0.15) is 21.5 Å². The van der Waals surface area contributed by atoms with Crippen LogP contribution in [0.5, 0.6) is 23.0 Å². The second kappa shape index (κ2) is 11.7. The number of hydrogen-bond acceptors (Lipinski definition) is 9. The number of methoxy groups -OCH3 is 3. The largest absolute Gasteiger partial charge is 0.573 e. The number of carbonyl (C=O) groups is 2. The van der Waals surface area contributed by atoms with Gasteiger partial charge in [0.15, 0.2) is 11.5 Å². The minimum absolute atomic E-state index is 0.0612. The number of rotatable bonds is 10. The van der Waals surface area contributed by atoms with Gasteiger partial charge in [-0.25, -0.2) is 5.48 Å². The highest BCUT2D eigenvalue weighted by Gasteiger charge is 2.32. The van der Waals surface area contributed by atoms with Crippen molar-refractivity contribution in [1.82, 2.24) is 5.48 Å². The molecule has 2 aromatic rings. The molecule has 0 aliphatic heterocycles. The molecule has 36 heavy (non-hydrogen) atoms. The van der Waals surface area contributed by atoms with E-state index < -0.39 is 34.4 Å². The van der Waals surface area contributed by atoms with Crippen molar-refractivity contribution in [3.63, 3.8) is 0 Å². The lowest BCUT2D eigenvalue weighted by atomic mass is 10.0. The summed E-state index contributed by atoms with van der Waals surface area (Å²) in [5.74, 6) is -2.59. The number of nitrogens with zero attached hydrogens (tertiary/aromatic N) is 1. The maximum absolute atomic E-state index is 13.0. The van der Waals surface area contributed by atoms with E-state index in [1.807, 2.05) is 0 Å². The van der Waals surface area contributed by atoms with Gasteiger partial charge in [-0.1, -0.05) is 6.07 Å². The summed E-state index contributed by atoms with van der Waals surface area (Å²) in [6, 6.07) is 5.29. The summed E-state index contributed by atoms with van der Waals surface area (Å²) < 4.78 is 57.5. The molecule has 0 aromatic heterocycles. The standard InChI is InChI=1S/C22H19F3N2O9/c1-33-17-10-14(11-18(34-2)21(17)35-3)20(29)15(27(31)32)9-12-4-6-16(36-22(23,24)25)13(8-12)5-7-19(28)26-30/h4-11,30H,1-3H3,(H,26,28)/b7-5+,15-9-. The fourth-order valence-electron chi connectivity index (χ4n) is 2.93. The number of amides is 1. The molecule has 0 unspecified atom stereocenters. The summed E-state index contributed by atoms with van der Waals surface area (Å²) in [5.41, 5.74) is -0.258. The third-order valence-electron chi connectivity index (χ3n) is 4.44. The van der Waals surface area contributed by atoms with Crippen LogP contribution >= 0.6 is 0 Å². The van der Waals surface area contributed by atoms with E-state index >= 15 is 0 Å². The molecule has 2 aromatic carbocycles. The molecule has 1 amide bonds. The Balaban J connectivity index is 2.60. The highest BCUT2D eigenvalue weighted by Crippen LogP contribution is 2.39. The topological polar surface area (TPSA) is 146 Å². The van der Waals surface area contributed by atoms with Crippen LogP contribution < -0.4 is 24.4 Å². The predicted octanol–water partition coefficient (Wildman–Crippen LogP) is 3.63. The fourth-order valence-corrected chi connectivity index (χ4v) is 2.93. The average molecular weight is 512 g/mol. The van der Waals surface area contributed by atoms with Gasteiger partial charge in [0.2, 0.25) is 5.75 Å². The van der Waals surface area contributed by atoms with Crippen LogP contribution in [0.4, 0.5) is 13.2 Å². The molecule has 0 aliphatic carbocycles. The van der Waals surface area contributed by atoms with Crippen molar-refractivity contribution in [2.24, 2.45) is 0 Å². The lowest BCUT2D eigenvalue weighted by Crippen LogP contribution is -2.18. The van der Waals surface area contributed by atoms with E-state index in [1.165, 1.54) is 38.9 Å². The van der Waals surface area contributed by atoms with E-state index in [4.69, 9.17) is 19.4 Å². The summed E-state index contributed by atoms with van der Waals surface area (Å²) in [7, 11) is 3.89. The van der Waals surface area contributed by atoms with Crippen LogP contribution in [0.2, 0.25) is 0 Å². The lowest BCUT2D eigenvalue weighted by Gasteiger charge is -2.13. The normalized spacial score (nSPS) is 11.7. The van der Waals surface area contributed by atoms with E-state index in [1.54, 1.807) is 0 Å². The first-order valence-electron chi connectivity index (χ1n) is 9.66. The Morgan fingerprint density at radius 3 is 2.11 bits per heavy atom. The Morgan fingerprint density at radius 1 is 1.03 bits per heavy atom. The van der Waals surface area contributed by atoms with Crippen LogP contribution in [-0.4, -0.2) is 49.5 Å². The highest BCUT2D eigenvalue weighted by atomic mass is 19.4. The zero-order valence-corrected chi connectivity index (χ0v) is 18.9. The Bertz CT molecular complexity index is 1200. The predicted molar refractivity (Wildman–Crippen MR) is 117 cm³/mol. The Kier molecular flexibility index (Phi) is 8.99. The van der Waals surface area contributed by atoms with Crippen molar-refractivity contribution in [2.75, 3.05) is 21.3 Å². The first kappa shape index (κ1) is 27.7. The number of alkyl halides is 3. The molecule has 0 radical (unpaired) electrons. The summed E-state index contributed by atoms with van der Waals surface area (Å²) in [5, 5.41) is 20.3. The summed E-state index contributed by atoms with van der Waals surface area (Å²) in [6.07, 6.45) is -2.68. The summed E-state index contributed by atoms with van der Waals surface area (Å²) >= 11 is 0. The van der Waals surface area contributed by atoms with E-state index in [0.29, 0.717) is 6.08 Å². The molecule has 2 rings (SSSR count). The number of allylic oxidation sites excluding steroid dienone is 1. The number of nitrogens with one attached hydrogen (secondary N) is 1. The van der Waals surface area contributed by atoms with Gasteiger partial charge in [-0.05, 0) is 35.9 Å². The van der Waals surface area contributed by atoms with Crippen LogP contribution in [0.3, 0.4) is 0 Å². The Labute approximate surface area is 201 Å². The van der Waals surface area contributed by atoms with E-state index in [-0.39, 0.29) is 33.9 Å². The molecule has 0 fully saturated rings. The lowest BCUT2D eigenvalue weighted by molar-refractivity contribution is -0.415. The number of halogens is 3. The number of hydroxylamine groups is 1. The highest BCUT2D eigenvalue weighted by molar-refractivity contribution is 6.10. The molecule has 14 heteroatoms. The SMILES string of the molecule is COc1cc(C(=O)/C(=C/c2ccc(OC(F)(F)F)c(/C=C/C(=O)NO)c2)[N+](=O)[O-])cc(OC)c1OC. The zero-order valence-electron chi connectivity index (χ0n) is 18.9. The number of ether oxygens (including phenoxy) is 4. The van der Waals surface area contributed by atoms with Gasteiger partial charge in [-0.15, -0.1) is 13.2 Å². The van der Waals surface area contributed by atoms with Crippen LogP contribution in [0.15, 0.2) is 42.1 Å². The smallest absolute Gasteiger partial charge is 0.493 e. The second-order valence-corrected chi connectivity index (χ2v) is 6.68. The fraction of sp³-hybridized carbons (Fsp3) is 0.182. The van der Waals surface area contributed by atoms with Crippen molar-refractivity contribution in [1.29, 1.82) is 0 Å². The van der Waals surface area contributed by atoms with Crippen LogP contribution in [0.25, 0.3) is 12.2 Å². The molecule has 0 aliphatic rings. The van der Waals surface area contributed by atoms with Gasteiger partial charge in [0.05, 0.1) is 26.3 Å². The number of nitro groups is 1. The third-order valence-corrected chi connectivity index (χ3v) is 4.44. The minimum atomic E-state index is -5.08. The van der Waals surface area contributed by atoms with E-state index in [2.05, 4.69) is 4.74 Å². The molecule has 0 atom stereocenters. The van der Waals surface area contributed by atoms with Gasteiger partial charge in [0.25, 0.3) is 11.7 Å². The van der Waals surface area contributed by atoms with Crippen molar-refractivity contribution >= 4 is 23.8 Å². The molecule has 0 saturated carbocycles. The number of hydrogen-bond donors (Lipinski definition) is 2. The maximum Gasteiger partial charge on any atom is 0.573 e. The maximum atomic E-state index is 13.0. The van der Waals surface area contributed by atoms with Gasteiger partial charge in [0, 0.05) is 23.3 Å². The number of ketones is 1. The minimum Gasteiger partial charge on any atom is -0.493 e. The van der Waals surface area contributed by atoms with Gasteiger partial charge in [0.1, 0.15) is 5.75 Å². The number of carbonyl (C=O) groups excluding carboxylic acids is 2. The molecular weight excluding hydrogens is 493 g/mol. The quantitative estimate of drug-likeness (QED) is 0.160. The van der Waals surface area contributed by atoms with Crippen molar-refractivity contribution in [3.05, 3.63) is 68.9 Å². The summed E-state index contributed by atoms with van der Waals surface area (Å²) in [6.45, 7) is 0. The van der Waals surface area contributed by atoms with Crippen molar-refractivity contribution < 1.29 is 51.8 Å². The van der Waals surface area contributed by atoms with Gasteiger partial charge in [-0.3, -0.25) is 24.9 Å². The van der Waals surface area contributed by atoms with Gasteiger partial charge >= 0.3 is 12.1 Å². The zero-order chi connectivity index (χ0) is 27.0. The summed E-state index contributed by atoms with van der Waals surface area (Å²) in [4.78, 5) is 35.0. The molecule has 0 heterocycles. The van der Waals surface area contributed by atoms with E-state index in [9.17, 15) is 32.9 Å². The molecular formula is C22H19F3N2O9. The molecule has 0 saturated heterocycles. The first-order chi connectivity index (χ1) is 16.9. The average Bonchev–Trinajstić information content (AvgIpc) is 2.84. The number of Topliss-reactive ketones (excluding diaryl/α,β-unsaturated/α-hetero) is 1. The first-order valence-corrected chi connectivity index (χ1v) is 9.66. The van der Waals surface area contributed by atoms with Crippen molar-refractivity contribution in [2.45, 2.75) is 6.36 Å². The second-order valence-electron chi connectivity index (χ2n) is 6.68. The van der Waals surface area contributed by atoms with Crippen molar-refractivity contribution in [3.8, 4) is 23.0 Å². The van der Waals surface area contributed by atoms with E-state index in [0.717, 1.165) is 30.4 Å². The molecule has 0 spiro atoms. The monoisotopic (exact) mass is 512 g/mol. The number of benzene rings is 2. The molecule has 192 valence electrons.